The number of hydrogen-bond donors (Lipinski definition) is 5. The summed E-state index contributed by atoms with van der Waals surface area (Å²) < 4.78 is 11.8. The highest BCUT2D eigenvalue weighted by molar-refractivity contribution is 8.93. The van der Waals surface area contributed by atoms with Gasteiger partial charge in [0.1, 0.15) is 6.10 Å². The molecule has 4 rings (SSSR count). The molecule has 5 N–H and O–H groups in total. The average molecular weight is 560 g/mol. The number of carboxylic acid groups (broad SMARTS) is 3. The molecule has 1 aromatic carbocycles. The third-order valence-electron chi connectivity index (χ3n) is 6.43. The second-order valence-corrected chi connectivity index (χ2v) is 8.91. The molecule has 1 aliphatic carbocycles. The summed E-state index contributed by atoms with van der Waals surface area (Å²) in [6, 6.07) is 4.16. The molecule has 12 heteroatoms. The van der Waals surface area contributed by atoms with Gasteiger partial charge in [0, 0.05) is 18.5 Å². The van der Waals surface area contributed by atoms with Gasteiger partial charge in [0.2, 0.25) is 0 Å². The molecule has 0 radical (unpaired) electrons. The molecule has 0 amide bonds. The van der Waals surface area contributed by atoms with E-state index in [0.29, 0.717) is 6.42 Å². The van der Waals surface area contributed by atoms with Gasteiger partial charge in [0.15, 0.2) is 17.1 Å². The lowest BCUT2D eigenvalue weighted by atomic mass is 9.69. The van der Waals surface area contributed by atoms with E-state index in [1.54, 1.807) is 7.11 Å². The standard InChI is InChI=1S/C17H21NO3.C6H8O7.BrH/c1-18-8-7-17-6-5-12(19)9-14(17)21-16-13(20-2)4-3-11(10-18)15(16)17;7-3(8)1-6(13,5(11)12)2-4(9)10;/h3-6,12,14,19H,7-10H2,1-2H3;13H,1-2H2,(H,7,8)(H,9,10)(H,11,12);1H/t12-,14-,17-;;/m0../s1. The molecule has 11 nitrogen and oxygen atoms in total. The second-order valence-electron chi connectivity index (χ2n) is 8.91. The Morgan fingerprint density at radius 1 is 1.20 bits per heavy atom. The molecule has 194 valence electrons. The highest BCUT2D eigenvalue weighted by atomic mass is 79.9. The SMILES string of the molecule is Br.COc1ccc2c3c1O[C@H]1C[C@@H](O)C=C[C@@]31CCN(C)C2.O=C(O)CC(O)(CC(=O)O)C(=O)O. The fourth-order valence-corrected chi connectivity index (χ4v) is 4.79. The van der Waals surface area contributed by atoms with Crippen molar-refractivity contribution in [1.29, 1.82) is 0 Å². The van der Waals surface area contributed by atoms with Crippen LogP contribution in [0.4, 0.5) is 0 Å². The first-order valence-electron chi connectivity index (χ1n) is 10.7. The molecule has 0 saturated carbocycles. The van der Waals surface area contributed by atoms with Gasteiger partial charge < -0.3 is 39.9 Å². The van der Waals surface area contributed by atoms with E-state index < -0.39 is 42.5 Å². The summed E-state index contributed by atoms with van der Waals surface area (Å²) in [5.41, 5.74) is -0.255. The Labute approximate surface area is 212 Å². The van der Waals surface area contributed by atoms with Crippen molar-refractivity contribution in [3.8, 4) is 11.5 Å². The van der Waals surface area contributed by atoms with E-state index in [0.717, 1.165) is 31.0 Å². The highest BCUT2D eigenvalue weighted by Crippen LogP contribution is 2.55. The van der Waals surface area contributed by atoms with Crippen LogP contribution in [0.5, 0.6) is 11.5 Å². The van der Waals surface area contributed by atoms with Gasteiger partial charge in [0.25, 0.3) is 0 Å². The lowest BCUT2D eigenvalue weighted by Gasteiger charge is -2.35. The van der Waals surface area contributed by atoms with Gasteiger partial charge in [-0.3, -0.25) is 9.59 Å². The van der Waals surface area contributed by atoms with Crippen LogP contribution in [0.2, 0.25) is 0 Å². The summed E-state index contributed by atoms with van der Waals surface area (Å²) in [7, 11) is 3.84. The number of methoxy groups -OCH3 is 1. The van der Waals surface area contributed by atoms with E-state index in [9.17, 15) is 19.5 Å². The third-order valence-corrected chi connectivity index (χ3v) is 6.43. The smallest absolute Gasteiger partial charge is 0.336 e. The van der Waals surface area contributed by atoms with Crippen molar-refractivity contribution in [3.63, 3.8) is 0 Å². The quantitative estimate of drug-likeness (QED) is 0.316. The minimum absolute atomic E-state index is 0. The molecule has 3 atom stereocenters. The van der Waals surface area contributed by atoms with Crippen LogP contribution in [0.25, 0.3) is 0 Å². The molecular weight excluding hydrogens is 530 g/mol. The van der Waals surface area contributed by atoms with Crippen LogP contribution >= 0.6 is 17.0 Å². The number of nitrogens with zero attached hydrogens (tertiary/aromatic N) is 1. The van der Waals surface area contributed by atoms with E-state index in [1.165, 1.54) is 11.1 Å². The predicted octanol–water partition coefficient (Wildman–Crippen LogP) is 1.18. The molecule has 0 unspecified atom stereocenters. The maximum absolute atomic E-state index is 10.3. The molecule has 2 heterocycles. The van der Waals surface area contributed by atoms with E-state index in [4.69, 9.17) is 29.9 Å². The number of carboxylic acids is 3. The van der Waals surface area contributed by atoms with Crippen molar-refractivity contribution in [2.45, 2.75) is 55.5 Å². The van der Waals surface area contributed by atoms with Crippen LogP contribution in [0.15, 0.2) is 24.3 Å². The number of aliphatic hydroxyl groups is 2. The molecule has 0 saturated heterocycles. The number of aliphatic carboxylic acids is 3. The van der Waals surface area contributed by atoms with E-state index >= 15 is 0 Å². The molecule has 35 heavy (non-hydrogen) atoms. The average Bonchev–Trinajstić information content (AvgIpc) is 2.98. The second kappa shape index (κ2) is 10.9. The van der Waals surface area contributed by atoms with Crippen LogP contribution < -0.4 is 9.47 Å². The van der Waals surface area contributed by atoms with Crippen molar-refractivity contribution in [2.24, 2.45) is 0 Å². The molecule has 1 aromatic rings. The van der Waals surface area contributed by atoms with Crippen LogP contribution in [0, 0.1) is 0 Å². The summed E-state index contributed by atoms with van der Waals surface area (Å²) in [5, 5.41) is 43.8. The van der Waals surface area contributed by atoms with Crippen molar-refractivity contribution < 1.29 is 49.4 Å². The first-order chi connectivity index (χ1) is 15.9. The molecule has 1 spiro atoms. The van der Waals surface area contributed by atoms with Crippen molar-refractivity contribution in [2.75, 3.05) is 20.7 Å². The highest BCUT2D eigenvalue weighted by Gasteiger charge is 2.52. The topological polar surface area (TPSA) is 174 Å². The summed E-state index contributed by atoms with van der Waals surface area (Å²) in [4.78, 5) is 32.8. The monoisotopic (exact) mass is 559 g/mol. The van der Waals surface area contributed by atoms with Crippen LogP contribution in [-0.2, 0) is 26.3 Å². The molecule has 0 fully saturated rings. The number of halogens is 1. The summed E-state index contributed by atoms with van der Waals surface area (Å²) in [5.74, 6) is -3.33. The Morgan fingerprint density at radius 2 is 1.83 bits per heavy atom. The van der Waals surface area contributed by atoms with Gasteiger partial charge in [0.05, 0.1) is 31.5 Å². The molecular formula is C23H30BrNO10. The largest absolute Gasteiger partial charge is 0.493 e. The Balaban J connectivity index is 0.000000271. The zero-order valence-electron chi connectivity index (χ0n) is 19.3. The van der Waals surface area contributed by atoms with Gasteiger partial charge >= 0.3 is 17.9 Å². The minimum Gasteiger partial charge on any atom is -0.493 e. The van der Waals surface area contributed by atoms with Crippen LogP contribution in [0.3, 0.4) is 0 Å². The van der Waals surface area contributed by atoms with Gasteiger partial charge in [-0.05, 0) is 31.6 Å². The lowest BCUT2D eigenvalue weighted by Crippen LogP contribution is -2.42. The van der Waals surface area contributed by atoms with Crippen molar-refractivity contribution in [1.82, 2.24) is 4.90 Å². The summed E-state index contributed by atoms with van der Waals surface area (Å²) in [6.07, 6.45) is 3.09. The minimum atomic E-state index is -2.74. The number of rotatable bonds is 6. The third kappa shape index (κ3) is 5.77. The molecule has 2 aliphatic heterocycles. The molecule has 0 bridgehead atoms. The Bertz CT molecular complexity index is 996. The zero-order chi connectivity index (χ0) is 25.3. The Hall–Kier alpha value is -2.67. The Kier molecular flexibility index (Phi) is 8.93. The van der Waals surface area contributed by atoms with Crippen molar-refractivity contribution >= 4 is 34.9 Å². The summed E-state index contributed by atoms with van der Waals surface area (Å²) >= 11 is 0. The maximum Gasteiger partial charge on any atom is 0.336 e. The van der Waals surface area contributed by atoms with Gasteiger partial charge in [-0.25, -0.2) is 4.79 Å². The maximum atomic E-state index is 10.3. The zero-order valence-corrected chi connectivity index (χ0v) is 21.1. The predicted molar refractivity (Wildman–Crippen MR) is 127 cm³/mol. The van der Waals surface area contributed by atoms with E-state index in [-0.39, 0.29) is 28.5 Å². The number of aliphatic hydroxyl groups excluding tert-OH is 1. The van der Waals surface area contributed by atoms with E-state index in [1.807, 2.05) is 12.1 Å². The van der Waals surface area contributed by atoms with Crippen LogP contribution in [-0.4, -0.2) is 86.9 Å². The Morgan fingerprint density at radius 3 is 2.37 bits per heavy atom. The number of benzene rings is 1. The number of carbonyl (C=O) groups is 3. The van der Waals surface area contributed by atoms with Gasteiger partial charge in [-0.1, -0.05) is 18.2 Å². The van der Waals surface area contributed by atoms with Crippen molar-refractivity contribution in [3.05, 3.63) is 35.4 Å². The molecule has 0 aromatic heterocycles. The normalized spacial score (nSPS) is 24.3. The van der Waals surface area contributed by atoms with Crippen LogP contribution in [0.1, 0.15) is 36.8 Å². The molecule has 3 aliphatic rings. The van der Waals surface area contributed by atoms with Gasteiger partial charge in [-0.2, -0.15) is 0 Å². The number of ether oxygens (including phenoxy) is 2. The summed E-state index contributed by atoms with van der Waals surface area (Å²) in [6.45, 7) is 1.96. The van der Waals surface area contributed by atoms with Gasteiger partial charge in [-0.15, -0.1) is 17.0 Å². The number of hydrogen-bond acceptors (Lipinski definition) is 8. The fourth-order valence-electron chi connectivity index (χ4n) is 4.79. The lowest BCUT2D eigenvalue weighted by molar-refractivity contribution is -0.170. The first-order valence-corrected chi connectivity index (χ1v) is 10.7. The first kappa shape index (κ1) is 28.6. The van der Waals surface area contributed by atoms with E-state index in [2.05, 4.69) is 24.1 Å². The fraction of sp³-hybridized carbons (Fsp3) is 0.522.